The molecule has 0 bridgehead atoms. The average molecular weight is 402 g/mol. The Bertz CT molecular complexity index is 767. The second-order valence-corrected chi connectivity index (χ2v) is 7.45. The predicted octanol–water partition coefficient (Wildman–Crippen LogP) is 3.67. The Hall–Kier alpha value is -1.70. The van der Waals surface area contributed by atoms with E-state index < -0.39 is 5.25 Å². The number of amides is 2. The Morgan fingerprint density at radius 1 is 1.32 bits per heavy atom. The van der Waals surface area contributed by atoms with Gasteiger partial charge in [0.15, 0.2) is 5.82 Å². The van der Waals surface area contributed by atoms with Crippen molar-refractivity contribution in [1.82, 2.24) is 10.5 Å². The lowest BCUT2D eigenvalue weighted by atomic mass is 10.2. The molecule has 1 heterocycles. The first-order chi connectivity index (χ1) is 11.8. The highest BCUT2D eigenvalue weighted by Crippen LogP contribution is 2.21. The van der Waals surface area contributed by atoms with Crippen LogP contribution in [0.3, 0.4) is 0 Å². The van der Waals surface area contributed by atoms with Crippen LogP contribution in [0.2, 0.25) is 10.0 Å². The first kappa shape index (κ1) is 19.6. The Morgan fingerprint density at radius 2 is 2.08 bits per heavy atom. The van der Waals surface area contributed by atoms with Crippen molar-refractivity contribution in [3.63, 3.8) is 0 Å². The molecule has 0 aliphatic heterocycles. The molecule has 0 radical (unpaired) electrons. The third-order valence-corrected chi connectivity index (χ3v) is 4.93. The maximum absolute atomic E-state index is 12.0. The zero-order chi connectivity index (χ0) is 18.4. The summed E-state index contributed by atoms with van der Waals surface area (Å²) in [6, 6.07) is 6.71. The van der Waals surface area contributed by atoms with Crippen LogP contribution >= 0.6 is 35.0 Å². The van der Waals surface area contributed by atoms with Crippen LogP contribution in [0, 0.1) is 6.92 Å². The Kier molecular flexibility index (Phi) is 7.16. The number of halogens is 2. The molecule has 9 heteroatoms. The van der Waals surface area contributed by atoms with Gasteiger partial charge in [-0.1, -0.05) is 34.4 Å². The largest absolute Gasteiger partial charge is 0.360 e. The van der Waals surface area contributed by atoms with Crippen LogP contribution in [0.15, 0.2) is 28.8 Å². The van der Waals surface area contributed by atoms with E-state index in [0.717, 1.165) is 5.56 Å². The zero-order valence-corrected chi connectivity index (χ0v) is 16.0. The molecule has 0 saturated heterocycles. The minimum absolute atomic E-state index is 0.150. The molecule has 0 aliphatic rings. The quantitative estimate of drug-likeness (QED) is 0.739. The highest BCUT2D eigenvalue weighted by Gasteiger charge is 2.16. The molecule has 134 valence electrons. The molecule has 2 N–H and O–H groups in total. The van der Waals surface area contributed by atoms with Crippen molar-refractivity contribution in [2.75, 3.05) is 11.1 Å². The van der Waals surface area contributed by atoms with E-state index in [2.05, 4.69) is 15.8 Å². The number of nitrogens with zero attached hydrogens (tertiary/aromatic N) is 1. The van der Waals surface area contributed by atoms with Crippen molar-refractivity contribution in [3.05, 3.63) is 45.6 Å². The van der Waals surface area contributed by atoms with E-state index in [0.29, 0.717) is 28.2 Å². The van der Waals surface area contributed by atoms with Gasteiger partial charge < -0.3 is 15.2 Å². The Balaban J connectivity index is 1.74. The van der Waals surface area contributed by atoms with E-state index in [1.165, 1.54) is 11.8 Å². The van der Waals surface area contributed by atoms with Gasteiger partial charge in [-0.05, 0) is 31.5 Å². The van der Waals surface area contributed by atoms with Gasteiger partial charge >= 0.3 is 0 Å². The van der Waals surface area contributed by atoms with Gasteiger partial charge in [0.2, 0.25) is 11.8 Å². The summed E-state index contributed by atoms with van der Waals surface area (Å²) in [4.78, 5) is 23.9. The monoisotopic (exact) mass is 401 g/mol. The Labute approximate surface area is 159 Å². The fraction of sp³-hybridized carbons (Fsp3) is 0.312. The standard InChI is InChI=1S/C16H17Cl2N3O3S/c1-9-5-14(21-24-9)20-16(23)10(2)25-8-15(22)19-7-11-3-4-12(17)6-13(11)18/h3-6,10H,7-8H2,1-2H3,(H,19,22)(H,20,21,23)/t10-/m1/s1. The van der Waals surface area contributed by atoms with Gasteiger partial charge in [-0.25, -0.2) is 0 Å². The van der Waals surface area contributed by atoms with E-state index in [9.17, 15) is 9.59 Å². The maximum Gasteiger partial charge on any atom is 0.238 e. The fourth-order valence-corrected chi connectivity index (χ4v) is 3.03. The number of anilines is 1. The van der Waals surface area contributed by atoms with Crippen LogP contribution in [0.5, 0.6) is 0 Å². The second kappa shape index (κ2) is 9.12. The number of aromatic nitrogens is 1. The average Bonchev–Trinajstić information content (AvgIpc) is 2.96. The Morgan fingerprint density at radius 3 is 2.72 bits per heavy atom. The van der Waals surface area contributed by atoms with Crippen LogP contribution in [0.4, 0.5) is 5.82 Å². The predicted molar refractivity (Wildman–Crippen MR) is 100 cm³/mol. The summed E-state index contributed by atoms with van der Waals surface area (Å²) in [5, 5.41) is 9.71. The number of carbonyl (C=O) groups excluding carboxylic acids is 2. The number of carbonyl (C=O) groups is 2. The molecule has 2 amide bonds. The first-order valence-corrected chi connectivity index (χ1v) is 9.22. The highest BCUT2D eigenvalue weighted by atomic mass is 35.5. The molecule has 2 aromatic rings. The minimum atomic E-state index is -0.415. The van der Waals surface area contributed by atoms with E-state index >= 15 is 0 Å². The smallest absolute Gasteiger partial charge is 0.238 e. The summed E-state index contributed by atoms with van der Waals surface area (Å²) >= 11 is 13.1. The van der Waals surface area contributed by atoms with Crippen molar-refractivity contribution in [3.8, 4) is 0 Å². The summed E-state index contributed by atoms with van der Waals surface area (Å²) in [6.07, 6.45) is 0. The molecule has 25 heavy (non-hydrogen) atoms. The zero-order valence-electron chi connectivity index (χ0n) is 13.6. The van der Waals surface area contributed by atoms with Crippen LogP contribution in [0.25, 0.3) is 0 Å². The molecule has 0 spiro atoms. The summed E-state index contributed by atoms with van der Waals surface area (Å²) in [6.45, 7) is 3.75. The van der Waals surface area contributed by atoms with Gasteiger partial charge in [-0.15, -0.1) is 11.8 Å². The molecule has 1 atom stereocenters. The second-order valence-electron chi connectivity index (χ2n) is 5.28. The van der Waals surface area contributed by atoms with Gasteiger partial charge in [0.1, 0.15) is 5.76 Å². The van der Waals surface area contributed by atoms with E-state index in [-0.39, 0.29) is 17.6 Å². The molecule has 0 aliphatic carbocycles. The molecule has 1 aromatic carbocycles. The number of aryl methyl sites for hydroxylation is 1. The molecule has 0 unspecified atom stereocenters. The van der Waals surface area contributed by atoms with Gasteiger partial charge in [0.05, 0.1) is 11.0 Å². The third-order valence-electron chi connectivity index (χ3n) is 3.20. The minimum Gasteiger partial charge on any atom is -0.360 e. The van der Waals surface area contributed by atoms with Crippen LogP contribution < -0.4 is 10.6 Å². The summed E-state index contributed by atoms with van der Waals surface area (Å²) in [7, 11) is 0. The molecule has 6 nitrogen and oxygen atoms in total. The van der Waals surface area contributed by atoms with Crippen LogP contribution in [0.1, 0.15) is 18.2 Å². The molecule has 0 saturated carbocycles. The van der Waals surface area contributed by atoms with Crippen LogP contribution in [-0.2, 0) is 16.1 Å². The van der Waals surface area contributed by atoms with Gasteiger partial charge in [0, 0.05) is 22.7 Å². The number of thioether (sulfide) groups is 1. The molecule has 0 fully saturated rings. The fourth-order valence-electron chi connectivity index (χ4n) is 1.84. The molecular formula is C16H17Cl2N3O3S. The maximum atomic E-state index is 12.0. The van der Waals surface area contributed by atoms with E-state index in [1.807, 2.05) is 0 Å². The lowest BCUT2D eigenvalue weighted by Crippen LogP contribution is -2.28. The number of hydrogen-bond donors (Lipinski definition) is 2. The highest BCUT2D eigenvalue weighted by molar-refractivity contribution is 8.01. The van der Waals surface area contributed by atoms with Gasteiger partial charge in [-0.3, -0.25) is 9.59 Å². The third kappa shape index (κ3) is 6.26. The van der Waals surface area contributed by atoms with Crippen molar-refractivity contribution in [1.29, 1.82) is 0 Å². The van der Waals surface area contributed by atoms with Crippen LogP contribution in [-0.4, -0.2) is 28.0 Å². The lowest BCUT2D eigenvalue weighted by molar-refractivity contribution is -0.118. The van der Waals surface area contributed by atoms with E-state index in [1.54, 1.807) is 38.1 Å². The number of nitrogens with one attached hydrogen (secondary N) is 2. The summed E-state index contributed by atoms with van der Waals surface area (Å²) in [5.74, 6) is 0.685. The molecule has 2 rings (SSSR count). The van der Waals surface area contributed by atoms with Gasteiger partial charge in [-0.2, -0.15) is 0 Å². The number of hydrogen-bond acceptors (Lipinski definition) is 5. The van der Waals surface area contributed by atoms with Crippen molar-refractivity contribution in [2.24, 2.45) is 0 Å². The molecular weight excluding hydrogens is 385 g/mol. The SMILES string of the molecule is Cc1cc(NC(=O)[C@@H](C)SCC(=O)NCc2ccc(Cl)cc2Cl)no1. The van der Waals surface area contributed by atoms with Crippen molar-refractivity contribution in [2.45, 2.75) is 25.6 Å². The number of benzene rings is 1. The first-order valence-electron chi connectivity index (χ1n) is 7.41. The van der Waals surface area contributed by atoms with Crippen molar-refractivity contribution < 1.29 is 14.1 Å². The lowest BCUT2D eigenvalue weighted by Gasteiger charge is -2.11. The van der Waals surface area contributed by atoms with Crippen molar-refractivity contribution >= 4 is 52.6 Å². The molecule has 1 aromatic heterocycles. The van der Waals surface area contributed by atoms with Gasteiger partial charge in [0.25, 0.3) is 0 Å². The topological polar surface area (TPSA) is 84.2 Å². The normalized spacial score (nSPS) is 11.8. The summed E-state index contributed by atoms with van der Waals surface area (Å²) < 4.78 is 4.88. The number of rotatable bonds is 7. The summed E-state index contributed by atoms with van der Waals surface area (Å²) in [5.41, 5.74) is 0.775. The van der Waals surface area contributed by atoms with E-state index in [4.69, 9.17) is 27.7 Å².